The van der Waals surface area contributed by atoms with Crippen LogP contribution in [0.15, 0.2) is 85.1 Å². The van der Waals surface area contributed by atoms with E-state index in [0.29, 0.717) is 19.3 Å². The standard InChI is InChI=1S/C51H84N2O7/c1-3-5-7-9-11-13-15-16-17-18-19-20-21-22-23-24-25-26-28-30-32-34-39-43-50(57)60-46(40-36-33-31-29-27-14-12-10-8-6-4-2)41-37-35-38-42-48(55)52-44-49(56)53-47(45-54)51(58)59/h6,8,12,14-16,18-19,21-22,29,31,36,40,46-47,54H,3-5,7,9-11,13,17,20,23-28,30,32-35,37-39,41-45H2,1-2H3,(H,52,55)(H,53,56)(H,58,59)/b8-6-,14-12-,16-15-,19-18-,22-21-,31-29-,40-36-. The molecule has 0 aromatic heterocycles. The fourth-order valence-corrected chi connectivity index (χ4v) is 6.28. The third kappa shape index (κ3) is 40.8. The van der Waals surface area contributed by atoms with Gasteiger partial charge in [-0.25, -0.2) is 4.79 Å². The number of hydrogen-bond donors (Lipinski definition) is 4. The number of aliphatic carboxylic acids is 1. The molecule has 0 fully saturated rings. The summed E-state index contributed by atoms with van der Waals surface area (Å²) in [5, 5.41) is 22.6. The van der Waals surface area contributed by atoms with E-state index in [-0.39, 0.29) is 30.9 Å². The van der Waals surface area contributed by atoms with Crippen LogP contribution in [0.4, 0.5) is 0 Å². The highest BCUT2D eigenvalue weighted by Gasteiger charge is 2.19. The number of carboxylic acid groups (broad SMARTS) is 1. The number of carbonyl (C=O) groups is 4. The molecule has 0 aliphatic rings. The minimum atomic E-state index is -1.41. The van der Waals surface area contributed by atoms with Gasteiger partial charge in [-0.05, 0) is 96.0 Å². The zero-order chi connectivity index (χ0) is 44.0. The summed E-state index contributed by atoms with van der Waals surface area (Å²) < 4.78 is 5.88. The minimum Gasteiger partial charge on any atom is -0.480 e. The molecule has 4 N–H and O–H groups in total. The van der Waals surface area contributed by atoms with Crippen LogP contribution >= 0.6 is 0 Å². The van der Waals surface area contributed by atoms with Gasteiger partial charge in [0.25, 0.3) is 0 Å². The Kier molecular flexibility index (Phi) is 41.6. The van der Waals surface area contributed by atoms with Crippen LogP contribution in [0.5, 0.6) is 0 Å². The van der Waals surface area contributed by atoms with E-state index < -0.39 is 24.5 Å². The first-order chi connectivity index (χ1) is 29.3. The molecule has 0 aliphatic carbocycles. The SMILES string of the molecule is CC/C=C\C/C=C\C/C=C\C/C=C\C(CCCCCC(=O)NCC(=O)NC(CO)C(=O)O)OC(=O)CCCCCCCCCC/C=C\C/C=C\C/C=C\CCCCCCC. The van der Waals surface area contributed by atoms with Crippen LogP contribution in [0.2, 0.25) is 0 Å². The summed E-state index contributed by atoms with van der Waals surface area (Å²) in [4.78, 5) is 47.8. The zero-order valence-electron chi connectivity index (χ0n) is 37.7. The monoisotopic (exact) mass is 837 g/mol. The summed E-state index contributed by atoms with van der Waals surface area (Å²) >= 11 is 0. The molecule has 2 unspecified atom stereocenters. The normalized spacial score (nSPS) is 13.2. The molecule has 2 amide bonds. The number of amides is 2. The number of rotatable bonds is 41. The van der Waals surface area contributed by atoms with Gasteiger partial charge < -0.3 is 25.6 Å². The molecule has 0 spiro atoms. The predicted octanol–water partition coefficient (Wildman–Crippen LogP) is 12.0. The van der Waals surface area contributed by atoms with Crippen molar-refractivity contribution >= 4 is 23.8 Å². The fraction of sp³-hybridized carbons (Fsp3) is 0.647. The summed E-state index contributed by atoms with van der Waals surface area (Å²) in [5.74, 6) is -2.51. The zero-order valence-corrected chi connectivity index (χ0v) is 37.7. The molecule has 60 heavy (non-hydrogen) atoms. The van der Waals surface area contributed by atoms with Crippen LogP contribution in [-0.2, 0) is 23.9 Å². The third-order valence-electron chi connectivity index (χ3n) is 9.86. The highest BCUT2D eigenvalue weighted by atomic mass is 16.5. The van der Waals surface area contributed by atoms with Gasteiger partial charge in [-0.2, -0.15) is 0 Å². The first kappa shape index (κ1) is 56.0. The molecule has 9 heteroatoms. The van der Waals surface area contributed by atoms with Crippen molar-refractivity contribution in [2.75, 3.05) is 13.2 Å². The van der Waals surface area contributed by atoms with Crippen molar-refractivity contribution in [3.8, 4) is 0 Å². The maximum absolute atomic E-state index is 12.8. The molecular weight excluding hydrogens is 753 g/mol. The highest BCUT2D eigenvalue weighted by Crippen LogP contribution is 2.15. The number of aliphatic hydroxyl groups is 1. The number of allylic oxidation sites excluding steroid dienone is 13. The summed E-state index contributed by atoms with van der Waals surface area (Å²) in [6.07, 6.45) is 57.7. The van der Waals surface area contributed by atoms with E-state index in [2.05, 4.69) is 97.4 Å². The maximum Gasteiger partial charge on any atom is 0.328 e. The number of nitrogens with one attached hydrogen (secondary N) is 2. The van der Waals surface area contributed by atoms with Gasteiger partial charge in [-0.15, -0.1) is 0 Å². The summed E-state index contributed by atoms with van der Waals surface area (Å²) in [6, 6.07) is -1.41. The molecule has 2 atom stereocenters. The quantitative estimate of drug-likeness (QED) is 0.0273. The van der Waals surface area contributed by atoms with E-state index in [1.807, 2.05) is 12.2 Å². The Labute approximate surface area is 365 Å². The minimum absolute atomic E-state index is 0.171. The van der Waals surface area contributed by atoms with E-state index in [9.17, 15) is 19.2 Å². The van der Waals surface area contributed by atoms with Crippen molar-refractivity contribution in [2.24, 2.45) is 0 Å². The Bertz CT molecular complexity index is 1280. The predicted molar refractivity (Wildman–Crippen MR) is 250 cm³/mol. The van der Waals surface area contributed by atoms with Crippen LogP contribution in [-0.4, -0.2) is 59.3 Å². The van der Waals surface area contributed by atoms with Crippen molar-refractivity contribution in [1.82, 2.24) is 10.6 Å². The van der Waals surface area contributed by atoms with Gasteiger partial charge in [0.15, 0.2) is 0 Å². The number of hydrogen-bond acceptors (Lipinski definition) is 6. The lowest BCUT2D eigenvalue weighted by atomic mass is 10.1. The van der Waals surface area contributed by atoms with E-state index in [1.165, 1.54) is 70.6 Å². The number of carboxylic acids is 1. The molecule has 0 aromatic rings. The molecule has 0 aliphatic heterocycles. The van der Waals surface area contributed by atoms with Gasteiger partial charge in [0.05, 0.1) is 13.2 Å². The maximum atomic E-state index is 12.8. The molecule has 0 saturated carbocycles. The van der Waals surface area contributed by atoms with E-state index >= 15 is 0 Å². The first-order valence-electron chi connectivity index (χ1n) is 23.5. The number of unbranched alkanes of at least 4 members (excludes halogenated alkanes) is 15. The van der Waals surface area contributed by atoms with Crippen LogP contribution in [0.25, 0.3) is 0 Å². The van der Waals surface area contributed by atoms with Gasteiger partial charge in [0.1, 0.15) is 12.1 Å². The Morgan fingerprint density at radius 1 is 0.533 bits per heavy atom. The molecule has 9 nitrogen and oxygen atoms in total. The number of ether oxygens (including phenoxy) is 1. The van der Waals surface area contributed by atoms with Gasteiger partial charge in [0, 0.05) is 12.8 Å². The molecule has 0 radical (unpaired) electrons. The number of carbonyl (C=O) groups excluding carboxylic acids is 3. The molecule has 0 aromatic carbocycles. The average Bonchev–Trinajstić information content (AvgIpc) is 3.23. The largest absolute Gasteiger partial charge is 0.480 e. The van der Waals surface area contributed by atoms with Crippen molar-refractivity contribution < 1.29 is 34.1 Å². The fourth-order valence-electron chi connectivity index (χ4n) is 6.28. The van der Waals surface area contributed by atoms with E-state index in [0.717, 1.165) is 77.0 Å². The lowest BCUT2D eigenvalue weighted by molar-refractivity contribution is -0.147. The molecule has 0 heterocycles. The van der Waals surface area contributed by atoms with Crippen LogP contribution < -0.4 is 10.6 Å². The highest BCUT2D eigenvalue weighted by molar-refractivity contribution is 5.87. The van der Waals surface area contributed by atoms with Crippen LogP contribution in [0.1, 0.15) is 187 Å². The van der Waals surface area contributed by atoms with Crippen molar-refractivity contribution in [3.63, 3.8) is 0 Å². The Balaban J connectivity index is 4.34. The second-order valence-electron chi connectivity index (χ2n) is 15.5. The second kappa shape index (κ2) is 44.6. The van der Waals surface area contributed by atoms with Crippen LogP contribution in [0.3, 0.4) is 0 Å². The van der Waals surface area contributed by atoms with Crippen molar-refractivity contribution in [3.05, 3.63) is 85.1 Å². The van der Waals surface area contributed by atoms with E-state index in [1.54, 1.807) is 0 Å². The molecule has 340 valence electrons. The average molecular weight is 837 g/mol. The lowest BCUT2D eigenvalue weighted by Gasteiger charge is -2.15. The van der Waals surface area contributed by atoms with Gasteiger partial charge in [-0.3, -0.25) is 14.4 Å². The van der Waals surface area contributed by atoms with E-state index in [4.69, 9.17) is 14.9 Å². The summed E-state index contributed by atoms with van der Waals surface area (Å²) in [7, 11) is 0. The number of aliphatic hydroxyl groups excluding tert-OH is 1. The van der Waals surface area contributed by atoms with Gasteiger partial charge in [-0.1, -0.05) is 163 Å². The van der Waals surface area contributed by atoms with Crippen molar-refractivity contribution in [1.29, 1.82) is 0 Å². The Morgan fingerprint density at radius 2 is 1.00 bits per heavy atom. The third-order valence-corrected chi connectivity index (χ3v) is 9.86. The summed E-state index contributed by atoms with van der Waals surface area (Å²) in [6.45, 7) is 3.29. The van der Waals surface area contributed by atoms with Crippen molar-refractivity contribution in [2.45, 2.75) is 199 Å². The summed E-state index contributed by atoms with van der Waals surface area (Å²) in [5.41, 5.74) is 0. The molecule has 0 bridgehead atoms. The lowest BCUT2D eigenvalue weighted by Crippen LogP contribution is -2.47. The molecule has 0 rings (SSSR count). The van der Waals surface area contributed by atoms with Gasteiger partial charge in [0.2, 0.25) is 11.8 Å². The smallest absolute Gasteiger partial charge is 0.328 e. The van der Waals surface area contributed by atoms with Crippen LogP contribution in [0, 0.1) is 0 Å². The molecule has 0 saturated heterocycles. The first-order valence-corrected chi connectivity index (χ1v) is 23.5. The Morgan fingerprint density at radius 3 is 1.53 bits per heavy atom. The molecular formula is C51H84N2O7. The number of esters is 1. The second-order valence-corrected chi connectivity index (χ2v) is 15.5. The Hall–Kier alpha value is -3.98. The van der Waals surface area contributed by atoms with Gasteiger partial charge >= 0.3 is 11.9 Å². The topological polar surface area (TPSA) is 142 Å².